The molecule has 0 spiro atoms. The van der Waals surface area contributed by atoms with Crippen LogP contribution in [-0.4, -0.2) is 23.5 Å². The third kappa shape index (κ3) is 3.81. The summed E-state index contributed by atoms with van der Waals surface area (Å²) in [5, 5.41) is 12.0. The van der Waals surface area contributed by atoms with Gasteiger partial charge < -0.3 is 10.4 Å². The molecule has 1 amide bonds. The van der Waals surface area contributed by atoms with Gasteiger partial charge in [0.05, 0.1) is 5.56 Å². The molecule has 0 unspecified atom stereocenters. The van der Waals surface area contributed by atoms with Gasteiger partial charge in [0.15, 0.2) is 0 Å². The minimum atomic E-state index is -0.998. The summed E-state index contributed by atoms with van der Waals surface area (Å²) >= 11 is 0. The van der Waals surface area contributed by atoms with E-state index in [1.165, 1.54) is 6.07 Å². The van der Waals surface area contributed by atoms with E-state index in [9.17, 15) is 14.7 Å². The zero-order chi connectivity index (χ0) is 14.6. The van der Waals surface area contributed by atoms with Crippen molar-refractivity contribution in [2.45, 2.75) is 33.6 Å². The zero-order valence-corrected chi connectivity index (χ0v) is 11.9. The summed E-state index contributed by atoms with van der Waals surface area (Å²) in [5.74, 6) is -0.871. The van der Waals surface area contributed by atoms with Gasteiger partial charge in [0.1, 0.15) is 0 Å². The van der Waals surface area contributed by atoms with E-state index in [1.54, 1.807) is 12.1 Å². The molecule has 4 heteroatoms. The van der Waals surface area contributed by atoms with E-state index < -0.39 is 5.97 Å². The molecular weight excluding hydrogens is 242 g/mol. The first-order valence-electron chi connectivity index (χ1n) is 6.49. The van der Waals surface area contributed by atoms with E-state index in [0.29, 0.717) is 23.6 Å². The monoisotopic (exact) mass is 263 g/mol. The van der Waals surface area contributed by atoms with Gasteiger partial charge in [-0.2, -0.15) is 0 Å². The normalized spacial score (nSPS) is 10.8. The fourth-order valence-electron chi connectivity index (χ4n) is 1.96. The highest BCUT2D eigenvalue weighted by Crippen LogP contribution is 2.24. The van der Waals surface area contributed by atoms with Crippen LogP contribution in [0.25, 0.3) is 0 Å². The lowest BCUT2D eigenvalue weighted by Crippen LogP contribution is -2.29. The molecule has 0 atom stereocenters. The summed E-state index contributed by atoms with van der Waals surface area (Å²) in [6.45, 7) is 8.38. The summed E-state index contributed by atoms with van der Waals surface area (Å²) in [7, 11) is 0. The predicted octanol–water partition coefficient (Wildman–Crippen LogP) is 2.89. The molecule has 1 aromatic carbocycles. The molecule has 0 bridgehead atoms. The van der Waals surface area contributed by atoms with E-state index in [0.717, 1.165) is 0 Å². The second-order valence-electron chi connectivity index (χ2n) is 5.33. The van der Waals surface area contributed by atoms with Crippen molar-refractivity contribution in [3.05, 3.63) is 34.9 Å². The van der Waals surface area contributed by atoms with Crippen LogP contribution in [-0.2, 0) is 0 Å². The standard InChI is InChI=1S/C15H21NO3/c1-9(2)8-16-14(17)11-6-5-7-12(15(18)19)13(11)10(3)4/h5-7,9-10H,8H2,1-4H3,(H,16,17)(H,18,19). The molecule has 104 valence electrons. The lowest BCUT2D eigenvalue weighted by atomic mass is 9.91. The highest BCUT2D eigenvalue weighted by molar-refractivity contribution is 6.00. The maximum Gasteiger partial charge on any atom is 0.335 e. The van der Waals surface area contributed by atoms with Crippen LogP contribution in [0.3, 0.4) is 0 Å². The minimum Gasteiger partial charge on any atom is -0.478 e. The Hall–Kier alpha value is -1.84. The smallest absolute Gasteiger partial charge is 0.335 e. The molecule has 0 saturated carbocycles. The number of hydrogen-bond acceptors (Lipinski definition) is 2. The van der Waals surface area contributed by atoms with Crippen molar-refractivity contribution in [1.29, 1.82) is 0 Å². The molecule has 19 heavy (non-hydrogen) atoms. The van der Waals surface area contributed by atoms with Crippen molar-refractivity contribution in [2.75, 3.05) is 6.54 Å². The van der Waals surface area contributed by atoms with Crippen LogP contribution < -0.4 is 5.32 Å². The predicted molar refractivity (Wildman–Crippen MR) is 74.7 cm³/mol. The van der Waals surface area contributed by atoms with E-state index in [4.69, 9.17) is 0 Å². The number of benzene rings is 1. The number of carbonyl (C=O) groups is 2. The Morgan fingerprint density at radius 3 is 2.21 bits per heavy atom. The molecule has 1 rings (SSSR count). The maximum atomic E-state index is 12.1. The first kappa shape index (κ1) is 15.2. The van der Waals surface area contributed by atoms with Crippen LogP contribution in [0.4, 0.5) is 0 Å². The third-order valence-corrected chi connectivity index (χ3v) is 2.83. The van der Waals surface area contributed by atoms with Gasteiger partial charge in [-0.3, -0.25) is 4.79 Å². The molecule has 0 aromatic heterocycles. The van der Waals surface area contributed by atoms with Crippen LogP contribution in [0.1, 0.15) is 59.9 Å². The van der Waals surface area contributed by atoms with Crippen molar-refractivity contribution < 1.29 is 14.7 Å². The average molecular weight is 263 g/mol. The van der Waals surface area contributed by atoms with E-state index in [-0.39, 0.29) is 17.4 Å². The van der Waals surface area contributed by atoms with Crippen LogP contribution in [0, 0.1) is 5.92 Å². The Labute approximate surface area is 113 Å². The first-order valence-corrected chi connectivity index (χ1v) is 6.49. The average Bonchev–Trinajstić information content (AvgIpc) is 2.34. The van der Waals surface area contributed by atoms with Crippen LogP contribution in [0.5, 0.6) is 0 Å². The number of aromatic carboxylic acids is 1. The zero-order valence-electron chi connectivity index (χ0n) is 11.9. The Kier molecular flexibility index (Phi) is 5.10. The molecule has 0 saturated heterocycles. The van der Waals surface area contributed by atoms with Crippen molar-refractivity contribution in [3.63, 3.8) is 0 Å². The Morgan fingerprint density at radius 2 is 1.74 bits per heavy atom. The first-order chi connectivity index (χ1) is 8.84. The summed E-state index contributed by atoms with van der Waals surface area (Å²) in [5.41, 5.74) is 1.25. The Morgan fingerprint density at radius 1 is 1.16 bits per heavy atom. The van der Waals surface area contributed by atoms with Gasteiger partial charge in [0, 0.05) is 12.1 Å². The van der Waals surface area contributed by atoms with Crippen molar-refractivity contribution in [3.8, 4) is 0 Å². The Bertz CT molecular complexity index is 478. The molecule has 0 aliphatic rings. The van der Waals surface area contributed by atoms with Crippen molar-refractivity contribution in [1.82, 2.24) is 5.32 Å². The number of nitrogens with one attached hydrogen (secondary N) is 1. The van der Waals surface area contributed by atoms with Gasteiger partial charge >= 0.3 is 5.97 Å². The number of hydrogen-bond donors (Lipinski definition) is 2. The molecular formula is C15H21NO3. The molecule has 4 nitrogen and oxygen atoms in total. The lowest BCUT2D eigenvalue weighted by molar-refractivity contribution is 0.0695. The maximum absolute atomic E-state index is 12.1. The lowest BCUT2D eigenvalue weighted by Gasteiger charge is -2.16. The van der Waals surface area contributed by atoms with Gasteiger partial charge in [0.25, 0.3) is 5.91 Å². The quantitative estimate of drug-likeness (QED) is 0.858. The SMILES string of the molecule is CC(C)CNC(=O)c1cccc(C(=O)O)c1C(C)C. The summed E-state index contributed by atoms with van der Waals surface area (Å²) in [4.78, 5) is 23.4. The van der Waals surface area contributed by atoms with Gasteiger partial charge in [-0.05, 0) is 29.5 Å². The number of carbonyl (C=O) groups excluding carboxylic acids is 1. The van der Waals surface area contributed by atoms with E-state index in [2.05, 4.69) is 5.32 Å². The highest BCUT2D eigenvalue weighted by Gasteiger charge is 2.20. The van der Waals surface area contributed by atoms with Gasteiger partial charge in [-0.15, -0.1) is 0 Å². The van der Waals surface area contributed by atoms with Crippen molar-refractivity contribution >= 4 is 11.9 Å². The summed E-state index contributed by atoms with van der Waals surface area (Å²) < 4.78 is 0. The van der Waals surface area contributed by atoms with Gasteiger partial charge in [-0.25, -0.2) is 4.79 Å². The van der Waals surface area contributed by atoms with Crippen LogP contribution in [0.15, 0.2) is 18.2 Å². The fraction of sp³-hybridized carbons (Fsp3) is 0.467. The van der Waals surface area contributed by atoms with E-state index >= 15 is 0 Å². The summed E-state index contributed by atoms with van der Waals surface area (Å²) in [6, 6.07) is 4.83. The molecule has 0 heterocycles. The van der Waals surface area contributed by atoms with Crippen LogP contribution >= 0.6 is 0 Å². The summed E-state index contributed by atoms with van der Waals surface area (Å²) in [6.07, 6.45) is 0. The number of carboxylic acid groups (broad SMARTS) is 1. The second kappa shape index (κ2) is 6.36. The molecule has 2 N–H and O–H groups in total. The largest absolute Gasteiger partial charge is 0.478 e. The van der Waals surface area contributed by atoms with E-state index in [1.807, 2.05) is 27.7 Å². The molecule has 0 aliphatic carbocycles. The molecule has 0 radical (unpaired) electrons. The minimum absolute atomic E-state index is 0.0212. The highest BCUT2D eigenvalue weighted by atomic mass is 16.4. The van der Waals surface area contributed by atoms with Gasteiger partial charge in [-0.1, -0.05) is 33.8 Å². The van der Waals surface area contributed by atoms with Gasteiger partial charge in [0.2, 0.25) is 0 Å². The number of rotatable bonds is 5. The molecule has 0 fully saturated rings. The molecule has 0 aliphatic heterocycles. The second-order valence-corrected chi connectivity index (χ2v) is 5.33. The molecule has 1 aromatic rings. The van der Waals surface area contributed by atoms with Crippen LogP contribution in [0.2, 0.25) is 0 Å². The third-order valence-electron chi connectivity index (χ3n) is 2.83. The van der Waals surface area contributed by atoms with Crippen molar-refractivity contribution in [2.24, 2.45) is 5.92 Å². The number of amides is 1. The fourth-order valence-corrected chi connectivity index (χ4v) is 1.96. The Balaban J connectivity index is 3.16. The number of carboxylic acids is 1. The topological polar surface area (TPSA) is 66.4 Å².